The molecule has 0 bridgehead atoms. The van der Waals surface area contributed by atoms with E-state index in [0.29, 0.717) is 6.04 Å². The highest BCUT2D eigenvalue weighted by Crippen LogP contribution is 2.23. The lowest BCUT2D eigenvalue weighted by Crippen LogP contribution is -2.51. The van der Waals surface area contributed by atoms with Gasteiger partial charge in [0.25, 0.3) is 0 Å². The van der Waals surface area contributed by atoms with E-state index in [1.54, 1.807) is 0 Å². The maximum Gasteiger partial charge on any atom is 0.0510 e. The van der Waals surface area contributed by atoms with E-state index in [4.69, 9.17) is 0 Å². The van der Waals surface area contributed by atoms with Crippen LogP contribution in [0.15, 0.2) is 36.7 Å². The van der Waals surface area contributed by atoms with Crippen LogP contribution in [0.1, 0.15) is 0 Å². The second kappa shape index (κ2) is 3.51. The highest BCUT2D eigenvalue weighted by atomic mass is 15.1. The van der Waals surface area contributed by atoms with Crippen molar-refractivity contribution < 1.29 is 0 Å². The van der Waals surface area contributed by atoms with E-state index in [1.165, 1.54) is 16.5 Å². The summed E-state index contributed by atoms with van der Waals surface area (Å²) in [6, 6.07) is 8.92. The van der Waals surface area contributed by atoms with Gasteiger partial charge >= 0.3 is 0 Å². The van der Waals surface area contributed by atoms with Crippen LogP contribution in [0.25, 0.3) is 10.8 Å². The molecule has 1 aliphatic rings. The van der Waals surface area contributed by atoms with Crippen molar-refractivity contribution in [2.45, 2.75) is 6.04 Å². The molecule has 2 N–H and O–H groups in total. The summed E-state index contributed by atoms with van der Waals surface area (Å²) in [5, 5.41) is 9.22. The molecule has 1 fully saturated rings. The first-order valence-corrected chi connectivity index (χ1v) is 5.23. The molecule has 1 aromatic heterocycles. The minimum absolute atomic E-state index is 0.573. The van der Waals surface area contributed by atoms with Crippen molar-refractivity contribution in [1.29, 1.82) is 0 Å². The Hall–Kier alpha value is -1.61. The van der Waals surface area contributed by atoms with Crippen LogP contribution >= 0.6 is 0 Å². The summed E-state index contributed by atoms with van der Waals surface area (Å²) in [6.45, 7) is 2.11. The van der Waals surface area contributed by atoms with Crippen LogP contribution in [0.4, 0.5) is 5.69 Å². The highest BCUT2D eigenvalue weighted by Gasteiger charge is 2.16. The lowest BCUT2D eigenvalue weighted by atomic mass is 10.1. The van der Waals surface area contributed by atoms with Crippen molar-refractivity contribution in [2.24, 2.45) is 0 Å². The van der Waals surface area contributed by atoms with Gasteiger partial charge in [-0.05, 0) is 12.1 Å². The lowest BCUT2D eigenvalue weighted by Gasteiger charge is -2.29. The second-order valence-corrected chi connectivity index (χ2v) is 3.90. The monoisotopic (exact) mass is 199 g/mol. The molecule has 0 saturated carbocycles. The first-order valence-electron chi connectivity index (χ1n) is 5.23. The molecule has 3 rings (SSSR count). The Balaban J connectivity index is 2.01. The number of hydrogen-bond donors (Lipinski definition) is 2. The summed E-state index contributed by atoms with van der Waals surface area (Å²) < 4.78 is 0. The van der Waals surface area contributed by atoms with Gasteiger partial charge in [0.05, 0.1) is 6.04 Å². The van der Waals surface area contributed by atoms with E-state index < -0.39 is 0 Å². The first-order chi connectivity index (χ1) is 7.43. The maximum atomic E-state index is 4.13. The van der Waals surface area contributed by atoms with E-state index in [-0.39, 0.29) is 0 Å². The fraction of sp³-hybridized carbons (Fsp3) is 0.250. The summed E-state index contributed by atoms with van der Waals surface area (Å²) in [7, 11) is 0. The van der Waals surface area contributed by atoms with E-state index in [0.717, 1.165) is 13.1 Å². The van der Waals surface area contributed by atoms with Crippen molar-refractivity contribution in [3.63, 3.8) is 0 Å². The molecule has 3 heteroatoms. The SMILES string of the molecule is c1cc(NC2CNC2)c2ccncc2c1. The number of nitrogens with one attached hydrogen (secondary N) is 2. The van der Waals surface area contributed by atoms with Crippen molar-refractivity contribution in [1.82, 2.24) is 10.3 Å². The zero-order valence-corrected chi connectivity index (χ0v) is 8.40. The minimum Gasteiger partial charge on any atom is -0.379 e. The summed E-state index contributed by atoms with van der Waals surface area (Å²) in [6.07, 6.45) is 3.74. The number of fused-ring (bicyclic) bond motifs is 1. The molecule has 0 atom stereocenters. The zero-order valence-electron chi connectivity index (χ0n) is 8.40. The Morgan fingerprint density at radius 3 is 3.00 bits per heavy atom. The summed E-state index contributed by atoms with van der Waals surface area (Å²) in [4.78, 5) is 4.13. The molecule has 2 heterocycles. The number of hydrogen-bond acceptors (Lipinski definition) is 3. The predicted octanol–water partition coefficient (Wildman–Crippen LogP) is 1.62. The van der Waals surface area contributed by atoms with E-state index >= 15 is 0 Å². The van der Waals surface area contributed by atoms with Gasteiger partial charge in [0.1, 0.15) is 0 Å². The molecule has 0 radical (unpaired) electrons. The van der Waals surface area contributed by atoms with E-state index in [2.05, 4.69) is 39.9 Å². The molecule has 76 valence electrons. The van der Waals surface area contributed by atoms with Gasteiger partial charge in [-0.2, -0.15) is 0 Å². The molecular formula is C12H13N3. The third kappa shape index (κ3) is 1.55. The normalized spacial score (nSPS) is 16.3. The minimum atomic E-state index is 0.573. The van der Waals surface area contributed by atoms with Gasteiger partial charge < -0.3 is 10.6 Å². The molecule has 3 nitrogen and oxygen atoms in total. The number of aromatic nitrogens is 1. The largest absolute Gasteiger partial charge is 0.379 e. The zero-order chi connectivity index (χ0) is 10.1. The van der Waals surface area contributed by atoms with Crippen LogP contribution in [-0.4, -0.2) is 24.1 Å². The van der Waals surface area contributed by atoms with E-state index in [9.17, 15) is 0 Å². The maximum absolute atomic E-state index is 4.13. The molecule has 15 heavy (non-hydrogen) atoms. The standard InChI is InChI=1S/C12H13N3/c1-2-9-6-13-5-4-11(9)12(3-1)15-10-7-14-8-10/h1-6,10,14-15H,7-8H2. The molecule has 0 spiro atoms. The van der Waals surface area contributed by atoms with Gasteiger partial charge in [0.15, 0.2) is 0 Å². The molecule has 1 aromatic carbocycles. The van der Waals surface area contributed by atoms with Crippen molar-refractivity contribution in [3.8, 4) is 0 Å². The van der Waals surface area contributed by atoms with Crippen LogP contribution in [0.2, 0.25) is 0 Å². The molecule has 0 unspecified atom stereocenters. The van der Waals surface area contributed by atoms with Crippen LogP contribution in [0, 0.1) is 0 Å². The van der Waals surface area contributed by atoms with Gasteiger partial charge in [-0.1, -0.05) is 12.1 Å². The van der Waals surface area contributed by atoms with Crippen molar-refractivity contribution in [2.75, 3.05) is 18.4 Å². The number of nitrogens with zero attached hydrogens (tertiary/aromatic N) is 1. The second-order valence-electron chi connectivity index (χ2n) is 3.90. The van der Waals surface area contributed by atoms with Gasteiger partial charge in [-0.15, -0.1) is 0 Å². The fourth-order valence-corrected chi connectivity index (χ4v) is 1.86. The van der Waals surface area contributed by atoms with Crippen LogP contribution in [0.3, 0.4) is 0 Å². The number of anilines is 1. The van der Waals surface area contributed by atoms with Gasteiger partial charge in [0.2, 0.25) is 0 Å². The van der Waals surface area contributed by atoms with E-state index in [1.807, 2.05) is 12.4 Å². The van der Waals surface area contributed by atoms with Gasteiger partial charge in [-0.25, -0.2) is 0 Å². The Labute approximate surface area is 88.5 Å². The highest BCUT2D eigenvalue weighted by molar-refractivity contribution is 5.93. The fourth-order valence-electron chi connectivity index (χ4n) is 1.86. The summed E-state index contributed by atoms with van der Waals surface area (Å²) in [5.74, 6) is 0. The number of benzene rings is 1. The Morgan fingerprint density at radius 1 is 1.27 bits per heavy atom. The van der Waals surface area contributed by atoms with Crippen LogP contribution < -0.4 is 10.6 Å². The lowest BCUT2D eigenvalue weighted by molar-refractivity contribution is 0.472. The summed E-state index contributed by atoms with van der Waals surface area (Å²) in [5.41, 5.74) is 1.21. The van der Waals surface area contributed by atoms with Crippen molar-refractivity contribution in [3.05, 3.63) is 36.7 Å². The van der Waals surface area contributed by atoms with Crippen LogP contribution in [-0.2, 0) is 0 Å². The smallest absolute Gasteiger partial charge is 0.0510 e. The van der Waals surface area contributed by atoms with Crippen molar-refractivity contribution >= 4 is 16.5 Å². The Morgan fingerprint density at radius 2 is 2.20 bits per heavy atom. The Bertz CT molecular complexity index is 472. The first kappa shape index (κ1) is 8.68. The molecule has 2 aromatic rings. The number of rotatable bonds is 2. The summed E-state index contributed by atoms with van der Waals surface area (Å²) >= 11 is 0. The quantitative estimate of drug-likeness (QED) is 0.771. The van der Waals surface area contributed by atoms with Crippen LogP contribution in [0.5, 0.6) is 0 Å². The predicted molar refractivity (Wildman–Crippen MR) is 62.0 cm³/mol. The molecular weight excluding hydrogens is 186 g/mol. The third-order valence-electron chi connectivity index (χ3n) is 2.82. The number of pyridine rings is 1. The Kier molecular flexibility index (Phi) is 2.03. The third-order valence-corrected chi connectivity index (χ3v) is 2.82. The molecule has 0 aliphatic carbocycles. The average molecular weight is 199 g/mol. The molecule has 0 amide bonds. The molecule has 1 saturated heterocycles. The average Bonchev–Trinajstić information content (AvgIpc) is 2.23. The van der Waals surface area contributed by atoms with Gasteiger partial charge in [-0.3, -0.25) is 4.98 Å². The topological polar surface area (TPSA) is 37.0 Å². The molecule has 1 aliphatic heterocycles. The van der Waals surface area contributed by atoms with Gasteiger partial charge in [0, 0.05) is 41.9 Å².